The normalized spacial score (nSPS) is 9.95. The van der Waals surface area contributed by atoms with Gasteiger partial charge in [0.1, 0.15) is 5.56 Å². The number of aromatic nitrogens is 1. The summed E-state index contributed by atoms with van der Waals surface area (Å²) in [5.74, 6) is -1.31. The van der Waals surface area contributed by atoms with Gasteiger partial charge in [-0.05, 0) is 59.0 Å². The van der Waals surface area contributed by atoms with E-state index in [-0.39, 0.29) is 5.56 Å². The van der Waals surface area contributed by atoms with Crippen LogP contribution >= 0.6 is 22.6 Å². The van der Waals surface area contributed by atoms with E-state index in [4.69, 9.17) is 4.74 Å². The van der Waals surface area contributed by atoms with Gasteiger partial charge in [0.05, 0.1) is 0 Å². The molecule has 1 aromatic carbocycles. The van der Waals surface area contributed by atoms with Crippen LogP contribution in [-0.2, 0) is 9.53 Å². The van der Waals surface area contributed by atoms with Crippen LogP contribution in [0.2, 0.25) is 0 Å². The van der Waals surface area contributed by atoms with Crippen LogP contribution in [-0.4, -0.2) is 23.5 Å². The second-order valence-corrected chi connectivity index (χ2v) is 5.29. The fraction of sp³-hybridized carbons (Fsp3) is 0.0714. The number of H-pyrrole nitrogens is 1. The molecule has 0 unspecified atom stereocenters. The number of rotatable bonds is 4. The summed E-state index contributed by atoms with van der Waals surface area (Å²) in [5, 5.41) is 2.59. The zero-order chi connectivity index (χ0) is 15.2. The Balaban J connectivity index is 1.89. The average molecular weight is 398 g/mol. The van der Waals surface area contributed by atoms with Crippen molar-refractivity contribution in [2.24, 2.45) is 0 Å². The van der Waals surface area contributed by atoms with Crippen molar-refractivity contribution in [2.75, 3.05) is 11.9 Å². The van der Waals surface area contributed by atoms with E-state index < -0.39 is 24.0 Å². The van der Waals surface area contributed by atoms with Gasteiger partial charge in [-0.15, -0.1) is 0 Å². The number of benzene rings is 1. The molecule has 0 fully saturated rings. The molecule has 0 radical (unpaired) electrons. The Labute approximate surface area is 133 Å². The van der Waals surface area contributed by atoms with Crippen LogP contribution in [0.5, 0.6) is 0 Å². The molecule has 2 rings (SSSR count). The minimum atomic E-state index is -0.838. The topological polar surface area (TPSA) is 88.3 Å². The zero-order valence-electron chi connectivity index (χ0n) is 10.8. The minimum Gasteiger partial charge on any atom is -0.452 e. The van der Waals surface area contributed by atoms with E-state index in [0.717, 1.165) is 3.57 Å². The van der Waals surface area contributed by atoms with Gasteiger partial charge in [-0.2, -0.15) is 0 Å². The molecule has 0 bridgehead atoms. The largest absolute Gasteiger partial charge is 0.452 e. The lowest BCUT2D eigenvalue weighted by atomic mass is 10.3. The van der Waals surface area contributed by atoms with E-state index in [1.165, 1.54) is 18.3 Å². The fourth-order valence-corrected chi connectivity index (χ4v) is 1.88. The van der Waals surface area contributed by atoms with Gasteiger partial charge in [0, 0.05) is 15.5 Å². The number of hydrogen-bond acceptors (Lipinski definition) is 4. The highest BCUT2D eigenvalue weighted by Crippen LogP contribution is 2.10. The quantitative estimate of drug-likeness (QED) is 0.607. The molecule has 7 heteroatoms. The smallest absolute Gasteiger partial charge is 0.344 e. The number of aromatic amines is 1. The van der Waals surface area contributed by atoms with Gasteiger partial charge in [-0.3, -0.25) is 9.59 Å². The third kappa shape index (κ3) is 4.42. The number of ether oxygens (including phenoxy) is 1. The summed E-state index contributed by atoms with van der Waals surface area (Å²) in [6, 6.07) is 9.99. The number of hydrogen-bond donors (Lipinski definition) is 2. The molecule has 1 heterocycles. The molecule has 0 saturated heterocycles. The molecule has 0 aliphatic rings. The Morgan fingerprint density at radius 1 is 1.19 bits per heavy atom. The Hall–Kier alpha value is -2.16. The average Bonchev–Trinajstić information content (AvgIpc) is 2.48. The van der Waals surface area contributed by atoms with Crippen molar-refractivity contribution in [1.82, 2.24) is 4.98 Å². The number of esters is 1. The maximum Gasteiger partial charge on any atom is 0.344 e. The summed E-state index contributed by atoms with van der Waals surface area (Å²) in [6.45, 7) is -0.459. The van der Waals surface area contributed by atoms with Crippen LogP contribution in [0.4, 0.5) is 5.69 Å². The van der Waals surface area contributed by atoms with Crippen molar-refractivity contribution in [3.63, 3.8) is 0 Å². The lowest BCUT2D eigenvalue weighted by Crippen LogP contribution is -2.24. The van der Waals surface area contributed by atoms with Crippen molar-refractivity contribution >= 4 is 40.2 Å². The molecule has 2 N–H and O–H groups in total. The second-order valence-electron chi connectivity index (χ2n) is 4.04. The van der Waals surface area contributed by atoms with E-state index in [0.29, 0.717) is 5.69 Å². The van der Waals surface area contributed by atoms with Crippen LogP contribution in [0.3, 0.4) is 0 Å². The summed E-state index contributed by atoms with van der Waals surface area (Å²) in [7, 11) is 0. The van der Waals surface area contributed by atoms with Gasteiger partial charge < -0.3 is 15.0 Å². The van der Waals surface area contributed by atoms with Crippen molar-refractivity contribution < 1.29 is 14.3 Å². The first-order valence-electron chi connectivity index (χ1n) is 5.96. The monoisotopic (exact) mass is 398 g/mol. The lowest BCUT2D eigenvalue weighted by molar-refractivity contribution is -0.119. The number of nitrogens with one attached hydrogen (secondary N) is 2. The third-order valence-electron chi connectivity index (χ3n) is 2.50. The molecule has 0 aliphatic heterocycles. The van der Waals surface area contributed by atoms with Crippen LogP contribution in [0, 0.1) is 3.57 Å². The Bertz CT molecular complexity index is 709. The summed E-state index contributed by atoms with van der Waals surface area (Å²) in [4.78, 5) is 37.0. The first-order valence-corrected chi connectivity index (χ1v) is 7.04. The Kier molecular flexibility index (Phi) is 5.09. The fourth-order valence-electron chi connectivity index (χ4n) is 1.52. The van der Waals surface area contributed by atoms with Gasteiger partial charge in [0.25, 0.3) is 11.5 Å². The van der Waals surface area contributed by atoms with Gasteiger partial charge >= 0.3 is 5.97 Å². The van der Waals surface area contributed by atoms with Crippen LogP contribution in [0.25, 0.3) is 0 Å². The SMILES string of the molecule is O=C(COC(=O)c1ccc[nH]c1=O)Nc1ccc(I)cc1. The molecule has 0 saturated carbocycles. The van der Waals surface area contributed by atoms with Gasteiger partial charge in [0.15, 0.2) is 6.61 Å². The first kappa shape index (κ1) is 15.2. The molecular weight excluding hydrogens is 387 g/mol. The zero-order valence-corrected chi connectivity index (χ0v) is 12.9. The molecule has 6 nitrogen and oxygen atoms in total. The molecule has 1 aromatic heterocycles. The molecule has 1 amide bonds. The van der Waals surface area contributed by atoms with E-state index in [1.54, 1.807) is 12.1 Å². The molecule has 0 spiro atoms. The molecular formula is C14H11IN2O4. The highest BCUT2D eigenvalue weighted by atomic mass is 127. The second kappa shape index (κ2) is 7.02. The molecule has 2 aromatic rings. The third-order valence-corrected chi connectivity index (χ3v) is 3.22. The number of carbonyl (C=O) groups excluding carboxylic acids is 2. The van der Waals surface area contributed by atoms with Crippen molar-refractivity contribution in [3.8, 4) is 0 Å². The molecule has 21 heavy (non-hydrogen) atoms. The maximum absolute atomic E-state index is 11.6. The summed E-state index contributed by atoms with van der Waals surface area (Å²) >= 11 is 2.15. The Morgan fingerprint density at radius 2 is 1.90 bits per heavy atom. The van der Waals surface area contributed by atoms with Gasteiger partial charge in [-0.25, -0.2) is 4.79 Å². The highest BCUT2D eigenvalue weighted by molar-refractivity contribution is 14.1. The molecule has 0 aliphatic carbocycles. The number of pyridine rings is 1. The Morgan fingerprint density at radius 3 is 2.57 bits per heavy atom. The predicted molar refractivity (Wildman–Crippen MR) is 85.1 cm³/mol. The maximum atomic E-state index is 11.6. The molecule has 108 valence electrons. The van der Waals surface area contributed by atoms with Crippen LogP contribution < -0.4 is 10.9 Å². The first-order chi connectivity index (χ1) is 10.1. The number of anilines is 1. The summed E-state index contributed by atoms with van der Waals surface area (Å²) in [5.41, 5.74) is -0.0888. The van der Waals surface area contributed by atoms with Gasteiger partial charge in [0.2, 0.25) is 0 Å². The van der Waals surface area contributed by atoms with Crippen LogP contribution in [0.15, 0.2) is 47.4 Å². The number of amides is 1. The van der Waals surface area contributed by atoms with E-state index in [9.17, 15) is 14.4 Å². The van der Waals surface area contributed by atoms with Crippen molar-refractivity contribution in [1.29, 1.82) is 0 Å². The molecule has 0 atom stereocenters. The minimum absolute atomic E-state index is 0.139. The number of carbonyl (C=O) groups is 2. The highest BCUT2D eigenvalue weighted by Gasteiger charge is 2.13. The summed E-state index contributed by atoms with van der Waals surface area (Å²) < 4.78 is 5.84. The van der Waals surface area contributed by atoms with Crippen molar-refractivity contribution in [3.05, 3.63) is 62.1 Å². The number of halogens is 1. The standard InChI is InChI=1S/C14H11IN2O4/c15-9-3-5-10(6-4-9)17-12(18)8-21-14(20)11-2-1-7-16-13(11)19/h1-7H,8H2,(H,16,19)(H,17,18). The van der Waals surface area contributed by atoms with Crippen molar-refractivity contribution in [2.45, 2.75) is 0 Å². The van der Waals surface area contributed by atoms with Crippen LogP contribution in [0.1, 0.15) is 10.4 Å². The predicted octanol–water partition coefficient (Wildman–Crippen LogP) is 1.78. The van der Waals surface area contributed by atoms with E-state index >= 15 is 0 Å². The summed E-state index contributed by atoms with van der Waals surface area (Å²) in [6.07, 6.45) is 1.41. The lowest BCUT2D eigenvalue weighted by Gasteiger charge is -2.06. The van der Waals surface area contributed by atoms with E-state index in [2.05, 4.69) is 32.9 Å². The van der Waals surface area contributed by atoms with Gasteiger partial charge in [-0.1, -0.05) is 0 Å². The van der Waals surface area contributed by atoms with E-state index in [1.807, 2.05) is 12.1 Å².